The lowest BCUT2D eigenvalue weighted by Crippen LogP contribution is -2.26. The first-order chi connectivity index (χ1) is 27.8. The van der Waals surface area contributed by atoms with E-state index in [4.69, 9.17) is 0 Å². The van der Waals surface area contributed by atoms with Crippen LogP contribution in [-0.2, 0) is 5.41 Å². The van der Waals surface area contributed by atoms with Gasteiger partial charge in [0.15, 0.2) is 0 Å². The summed E-state index contributed by atoms with van der Waals surface area (Å²) in [6.07, 6.45) is 0. The smallest absolute Gasteiger partial charge is 0.0731 e. The fourth-order valence-electron chi connectivity index (χ4n) is 10.0. The van der Waals surface area contributed by atoms with Gasteiger partial charge in [-0.15, -0.1) is 0 Å². The number of anilines is 3. The Labute approximate surface area is 326 Å². The fourth-order valence-corrected chi connectivity index (χ4v) is 10.0. The molecule has 10 aromatic carbocycles. The Morgan fingerprint density at radius 1 is 0.304 bits per heavy atom. The first kappa shape index (κ1) is 31.2. The van der Waals surface area contributed by atoms with Gasteiger partial charge >= 0.3 is 0 Å². The first-order valence-corrected chi connectivity index (χ1v) is 19.5. The van der Waals surface area contributed by atoms with Gasteiger partial charge in [0.05, 0.1) is 11.1 Å². The average Bonchev–Trinajstić information content (AvgIpc) is 3.74. The molecule has 1 atom stereocenters. The summed E-state index contributed by atoms with van der Waals surface area (Å²) in [7, 11) is 0. The lowest BCUT2D eigenvalue weighted by molar-refractivity contribution is 0.801. The minimum absolute atomic E-state index is 0.421. The van der Waals surface area contributed by atoms with Crippen LogP contribution in [0.1, 0.15) is 22.3 Å². The standard InChI is InChI=1S/C55H35N/c1-2-15-40-34-43(31-26-36(40)12-1)56(53-23-11-16-38-13-3-5-17-44(38)53)42-29-24-37(25-30-42)41-28-32-48-46-19-7-9-21-50(46)55(52(48)35-41)51-22-10-8-20-47(51)49-33-27-39-14-4-6-18-45(39)54(49)55/h1-35H. The zero-order valence-electron chi connectivity index (χ0n) is 30.7. The van der Waals surface area contributed by atoms with E-state index in [2.05, 4.69) is 217 Å². The van der Waals surface area contributed by atoms with Crippen molar-refractivity contribution >= 4 is 49.4 Å². The molecule has 0 heterocycles. The molecular formula is C55H35N. The highest BCUT2D eigenvalue weighted by molar-refractivity contribution is 6.04. The molecule has 1 unspecified atom stereocenters. The van der Waals surface area contributed by atoms with Gasteiger partial charge in [0, 0.05) is 16.8 Å². The minimum Gasteiger partial charge on any atom is -0.310 e. The van der Waals surface area contributed by atoms with Crippen LogP contribution in [0.3, 0.4) is 0 Å². The second-order valence-corrected chi connectivity index (χ2v) is 15.2. The molecule has 56 heavy (non-hydrogen) atoms. The average molecular weight is 710 g/mol. The molecule has 0 N–H and O–H groups in total. The Bertz CT molecular complexity index is 3190. The molecule has 0 aromatic heterocycles. The SMILES string of the molecule is c1ccc2c(c1)-c1ccc(-c3ccc(N(c4ccc5ccccc5c4)c4cccc5ccccc45)cc3)cc1C21c2ccccc2-c2ccc3ccccc3c21. The summed E-state index contributed by atoms with van der Waals surface area (Å²) in [6.45, 7) is 0. The minimum atomic E-state index is -0.421. The van der Waals surface area contributed by atoms with Gasteiger partial charge in [0.1, 0.15) is 0 Å². The lowest BCUT2D eigenvalue weighted by atomic mass is 9.69. The second kappa shape index (κ2) is 11.9. The highest BCUT2D eigenvalue weighted by atomic mass is 15.1. The van der Waals surface area contributed by atoms with Crippen LogP contribution in [0.25, 0.3) is 65.7 Å². The van der Waals surface area contributed by atoms with Crippen molar-refractivity contribution in [2.45, 2.75) is 5.41 Å². The van der Waals surface area contributed by atoms with Gasteiger partial charge in [0.25, 0.3) is 0 Å². The normalized spacial score (nSPS) is 14.9. The number of hydrogen-bond acceptors (Lipinski definition) is 1. The number of hydrogen-bond donors (Lipinski definition) is 0. The van der Waals surface area contributed by atoms with Gasteiger partial charge in [-0.25, -0.2) is 0 Å². The summed E-state index contributed by atoms with van der Waals surface area (Å²) < 4.78 is 0. The maximum Gasteiger partial charge on any atom is 0.0731 e. The Balaban J connectivity index is 1.04. The summed E-state index contributed by atoms with van der Waals surface area (Å²) >= 11 is 0. The van der Waals surface area contributed by atoms with E-state index in [1.807, 2.05) is 0 Å². The van der Waals surface area contributed by atoms with E-state index in [-0.39, 0.29) is 0 Å². The third-order valence-corrected chi connectivity index (χ3v) is 12.4. The molecular weight excluding hydrogens is 675 g/mol. The number of benzene rings is 10. The van der Waals surface area contributed by atoms with Crippen molar-refractivity contribution in [1.29, 1.82) is 0 Å². The molecule has 0 radical (unpaired) electrons. The number of nitrogens with zero attached hydrogens (tertiary/aromatic N) is 1. The van der Waals surface area contributed by atoms with Crippen molar-refractivity contribution in [3.63, 3.8) is 0 Å². The van der Waals surface area contributed by atoms with E-state index >= 15 is 0 Å². The van der Waals surface area contributed by atoms with Crippen LogP contribution in [0, 0.1) is 0 Å². The van der Waals surface area contributed by atoms with Crippen molar-refractivity contribution in [3.8, 4) is 33.4 Å². The molecule has 0 amide bonds. The summed E-state index contributed by atoms with van der Waals surface area (Å²) in [6, 6.07) is 78.8. The van der Waals surface area contributed by atoms with Crippen LogP contribution in [0.2, 0.25) is 0 Å². The third kappa shape index (κ3) is 4.31. The van der Waals surface area contributed by atoms with E-state index in [1.54, 1.807) is 0 Å². The molecule has 0 saturated carbocycles. The summed E-state index contributed by atoms with van der Waals surface area (Å²) in [5, 5.41) is 7.51. The largest absolute Gasteiger partial charge is 0.310 e. The van der Waals surface area contributed by atoms with E-state index in [9.17, 15) is 0 Å². The second-order valence-electron chi connectivity index (χ2n) is 15.2. The Morgan fingerprint density at radius 3 is 1.62 bits per heavy atom. The van der Waals surface area contributed by atoms with Crippen molar-refractivity contribution in [3.05, 3.63) is 235 Å². The van der Waals surface area contributed by atoms with Crippen LogP contribution < -0.4 is 4.90 Å². The van der Waals surface area contributed by atoms with E-state index in [1.165, 1.54) is 88.0 Å². The molecule has 2 aliphatic rings. The highest BCUT2D eigenvalue weighted by Crippen LogP contribution is 2.64. The molecule has 0 fully saturated rings. The summed E-state index contributed by atoms with van der Waals surface area (Å²) in [5.41, 5.74) is 16.2. The predicted molar refractivity (Wildman–Crippen MR) is 235 cm³/mol. The summed E-state index contributed by atoms with van der Waals surface area (Å²) in [5.74, 6) is 0. The zero-order valence-corrected chi connectivity index (χ0v) is 30.7. The monoisotopic (exact) mass is 709 g/mol. The Hall–Kier alpha value is -7.22. The van der Waals surface area contributed by atoms with Crippen LogP contribution in [0.5, 0.6) is 0 Å². The van der Waals surface area contributed by atoms with Gasteiger partial charge in [0.2, 0.25) is 0 Å². The zero-order chi connectivity index (χ0) is 36.8. The highest BCUT2D eigenvalue weighted by Gasteiger charge is 2.52. The van der Waals surface area contributed by atoms with Crippen molar-refractivity contribution < 1.29 is 0 Å². The van der Waals surface area contributed by atoms with Crippen molar-refractivity contribution in [1.82, 2.24) is 0 Å². The number of rotatable bonds is 4. The maximum absolute atomic E-state index is 2.49. The molecule has 0 aliphatic heterocycles. The van der Waals surface area contributed by atoms with Gasteiger partial charge in [-0.05, 0) is 119 Å². The van der Waals surface area contributed by atoms with Crippen LogP contribution in [-0.4, -0.2) is 0 Å². The van der Waals surface area contributed by atoms with Gasteiger partial charge in [-0.1, -0.05) is 176 Å². The Morgan fingerprint density at radius 2 is 0.839 bits per heavy atom. The molecule has 0 bridgehead atoms. The Kier molecular flexibility index (Phi) is 6.62. The van der Waals surface area contributed by atoms with Gasteiger partial charge < -0.3 is 4.90 Å². The molecule has 2 aliphatic carbocycles. The van der Waals surface area contributed by atoms with Gasteiger partial charge in [-0.3, -0.25) is 0 Å². The van der Waals surface area contributed by atoms with E-state index in [0.717, 1.165) is 17.1 Å². The summed E-state index contributed by atoms with van der Waals surface area (Å²) in [4.78, 5) is 2.41. The molecule has 1 nitrogen and oxygen atoms in total. The molecule has 12 rings (SSSR count). The van der Waals surface area contributed by atoms with Crippen molar-refractivity contribution in [2.75, 3.05) is 4.90 Å². The van der Waals surface area contributed by atoms with Crippen LogP contribution in [0.4, 0.5) is 17.1 Å². The first-order valence-electron chi connectivity index (χ1n) is 19.5. The fraction of sp³-hybridized carbons (Fsp3) is 0.0182. The maximum atomic E-state index is 2.49. The molecule has 1 spiro atoms. The molecule has 1 heteroatoms. The molecule has 10 aromatic rings. The lowest BCUT2D eigenvalue weighted by Gasteiger charge is -2.31. The topological polar surface area (TPSA) is 3.24 Å². The van der Waals surface area contributed by atoms with Gasteiger partial charge in [-0.2, -0.15) is 0 Å². The predicted octanol–water partition coefficient (Wildman–Crippen LogP) is 14.6. The van der Waals surface area contributed by atoms with Crippen LogP contribution in [0.15, 0.2) is 212 Å². The number of fused-ring (bicyclic) bond motifs is 14. The van der Waals surface area contributed by atoms with E-state index in [0.29, 0.717) is 0 Å². The molecule has 260 valence electrons. The molecule has 0 saturated heterocycles. The van der Waals surface area contributed by atoms with Crippen LogP contribution >= 0.6 is 0 Å². The third-order valence-electron chi connectivity index (χ3n) is 12.4. The quantitative estimate of drug-likeness (QED) is 0.176. The van der Waals surface area contributed by atoms with E-state index < -0.39 is 5.41 Å². The van der Waals surface area contributed by atoms with Crippen molar-refractivity contribution in [2.24, 2.45) is 0 Å².